The zero-order chi connectivity index (χ0) is 9.80. The maximum absolute atomic E-state index is 5.52. The molecule has 1 aliphatic heterocycles. The summed E-state index contributed by atoms with van der Waals surface area (Å²) in [5.41, 5.74) is 1.35. The van der Waals surface area contributed by atoms with Gasteiger partial charge in [-0.25, -0.2) is 0 Å². The molecule has 1 N–H and O–H groups in total. The minimum atomic E-state index is 0. The van der Waals surface area contributed by atoms with E-state index in [1.807, 2.05) is 0 Å². The van der Waals surface area contributed by atoms with Gasteiger partial charge >= 0.3 is 0 Å². The van der Waals surface area contributed by atoms with Crippen molar-refractivity contribution in [3.8, 4) is 0 Å². The Morgan fingerprint density at radius 2 is 2.00 bits per heavy atom. The van der Waals surface area contributed by atoms with Gasteiger partial charge in [0.15, 0.2) is 0 Å². The molecule has 1 unspecified atom stereocenters. The third kappa shape index (κ3) is 3.76. The molecule has 1 fully saturated rings. The van der Waals surface area contributed by atoms with Gasteiger partial charge in [0.1, 0.15) is 0 Å². The van der Waals surface area contributed by atoms with E-state index in [1.54, 1.807) is 0 Å². The van der Waals surface area contributed by atoms with E-state index < -0.39 is 0 Å². The molecule has 2 rings (SSSR count). The highest BCUT2D eigenvalue weighted by Crippen LogP contribution is 2.19. The average molecular weight is 293 g/mol. The fourth-order valence-corrected chi connectivity index (χ4v) is 1.92. The second-order valence-electron chi connectivity index (χ2n) is 3.53. The monoisotopic (exact) mass is 291 g/mol. The molecule has 1 atom stereocenters. The molecule has 0 spiro atoms. The lowest BCUT2D eigenvalue weighted by molar-refractivity contribution is 0.141. The molecule has 0 aliphatic carbocycles. The minimum Gasteiger partial charge on any atom is -0.379 e. The van der Waals surface area contributed by atoms with Crippen LogP contribution in [0, 0.1) is 0 Å². The topological polar surface area (TPSA) is 21.3 Å². The molecular formula is C11H15BrClNO. The van der Waals surface area contributed by atoms with Gasteiger partial charge in [-0.15, -0.1) is 12.4 Å². The Bertz CT molecular complexity index is 283. The van der Waals surface area contributed by atoms with Crippen molar-refractivity contribution in [3.05, 3.63) is 34.3 Å². The SMILES string of the molecule is Brc1ccc(C2CNCCOC2)cc1.Cl. The van der Waals surface area contributed by atoms with E-state index in [9.17, 15) is 0 Å². The minimum absolute atomic E-state index is 0. The predicted octanol–water partition coefficient (Wildman–Crippen LogP) is 2.57. The molecule has 15 heavy (non-hydrogen) atoms. The van der Waals surface area contributed by atoms with Crippen LogP contribution >= 0.6 is 28.3 Å². The summed E-state index contributed by atoms with van der Waals surface area (Å²) in [6.07, 6.45) is 0. The summed E-state index contributed by atoms with van der Waals surface area (Å²) >= 11 is 3.44. The summed E-state index contributed by atoms with van der Waals surface area (Å²) in [7, 11) is 0. The summed E-state index contributed by atoms with van der Waals surface area (Å²) in [4.78, 5) is 0. The molecule has 1 heterocycles. The zero-order valence-corrected chi connectivity index (χ0v) is 10.8. The highest BCUT2D eigenvalue weighted by atomic mass is 79.9. The molecule has 0 bridgehead atoms. The maximum atomic E-state index is 5.52. The number of halogens is 2. The number of rotatable bonds is 1. The number of benzene rings is 1. The maximum Gasteiger partial charge on any atom is 0.0591 e. The molecule has 0 saturated carbocycles. The third-order valence-corrected chi connectivity index (χ3v) is 3.00. The van der Waals surface area contributed by atoms with E-state index in [1.165, 1.54) is 5.56 Å². The van der Waals surface area contributed by atoms with E-state index in [2.05, 4.69) is 45.5 Å². The number of hydrogen-bond acceptors (Lipinski definition) is 2. The smallest absolute Gasteiger partial charge is 0.0591 e. The normalized spacial score (nSPS) is 21.5. The quantitative estimate of drug-likeness (QED) is 0.859. The first-order chi connectivity index (χ1) is 6.86. The van der Waals surface area contributed by atoms with Crippen LogP contribution in [0.5, 0.6) is 0 Å². The van der Waals surface area contributed by atoms with Crippen LogP contribution in [0.25, 0.3) is 0 Å². The first kappa shape index (κ1) is 13.0. The Morgan fingerprint density at radius 1 is 1.27 bits per heavy atom. The van der Waals surface area contributed by atoms with Crippen LogP contribution in [0.2, 0.25) is 0 Å². The van der Waals surface area contributed by atoms with Gasteiger partial charge in [-0.1, -0.05) is 28.1 Å². The van der Waals surface area contributed by atoms with E-state index >= 15 is 0 Å². The molecule has 0 aromatic heterocycles. The molecule has 1 aliphatic rings. The Morgan fingerprint density at radius 3 is 2.73 bits per heavy atom. The van der Waals surface area contributed by atoms with Crippen LogP contribution in [-0.4, -0.2) is 26.3 Å². The van der Waals surface area contributed by atoms with Gasteiger partial charge < -0.3 is 10.1 Å². The Kier molecular flexibility index (Phi) is 5.61. The number of hydrogen-bond donors (Lipinski definition) is 1. The second-order valence-corrected chi connectivity index (χ2v) is 4.44. The van der Waals surface area contributed by atoms with Crippen LogP contribution in [0.3, 0.4) is 0 Å². The van der Waals surface area contributed by atoms with Gasteiger partial charge in [0.25, 0.3) is 0 Å². The fourth-order valence-electron chi connectivity index (χ4n) is 1.65. The van der Waals surface area contributed by atoms with Crippen molar-refractivity contribution in [2.45, 2.75) is 5.92 Å². The van der Waals surface area contributed by atoms with Gasteiger partial charge in [0.2, 0.25) is 0 Å². The van der Waals surface area contributed by atoms with Crippen molar-refractivity contribution < 1.29 is 4.74 Å². The fraction of sp³-hybridized carbons (Fsp3) is 0.455. The van der Waals surface area contributed by atoms with E-state index in [0.717, 1.165) is 30.8 Å². The van der Waals surface area contributed by atoms with Crippen LogP contribution in [-0.2, 0) is 4.74 Å². The molecule has 4 heteroatoms. The predicted molar refractivity (Wildman–Crippen MR) is 67.8 cm³/mol. The lowest BCUT2D eigenvalue weighted by Crippen LogP contribution is -2.21. The Hall–Kier alpha value is -0.0900. The summed E-state index contributed by atoms with van der Waals surface area (Å²) in [6.45, 7) is 3.64. The Labute approximate surface area is 105 Å². The van der Waals surface area contributed by atoms with Crippen LogP contribution in [0.15, 0.2) is 28.7 Å². The standard InChI is InChI=1S/C11H14BrNO.ClH/c12-11-3-1-9(2-4-11)10-7-13-5-6-14-8-10;/h1-4,10,13H,5-8H2;1H. The van der Waals surface area contributed by atoms with Crippen LogP contribution in [0.4, 0.5) is 0 Å². The van der Waals surface area contributed by atoms with Crippen molar-refractivity contribution in [2.24, 2.45) is 0 Å². The van der Waals surface area contributed by atoms with Gasteiger partial charge in [-0.3, -0.25) is 0 Å². The third-order valence-electron chi connectivity index (χ3n) is 2.47. The molecular weight excluding hydrogens is 277 g/mol. The summed E-state index contributed by atoms with van der Waals surface area (Å²) in [5, 5.41) is 3.37. The first-order valence-corrected chi connectivity index (χ1v) is 5.69. The number of nitrogens with one attached hydrogen (secondary N) is 1. The lowest BCUT2D eigenvalue weighted by Gasteiger charge is -2.13. The molecule has 84 valence electrons. The van der Waals surface area contributed by atoms with E-state index in [0.29, 0.717) is 5.92 Å². The van der Waals surface area contributed by atoms with Gasteiger partial charge in [0.05, 0.1) is 13.2 Å². The van der Waals surface area contributed by atoms with Crippen molar-refractivity contribution in [3.63, 3.8) is 0 Å². The van der Waals surface area contributed by atoms with Gasteiger partial charge in [-0.2, -0.15) is 0 Å². The largest absolute Gasteiger partial charge is 0.379 e. The highest BCUT2D eigenvalue weighted by molar-refractivity contribution is 9.10. The average Bonchev–Trinajstić information content (AvgIpc) is 2.47. The van der Waals surface area contributed by atoms with Gasteiger partial charge in [-0.05, 0) is 17.7 Å². The molecule has 2 nitrogen and oxygen atoms in total. The summed E-state index contributed by atoms with van der Waals surface area (Å²) < 4.78 is 6.65. The number of ether oxygens (including phenoxy) is 1. The van der Waals surface area contributed by atoms with Crippen LogP contribution < -0.4 is 5.32 Å². The highest BCUT2D eigenvalue weighted by Gasteiger charge is 2.13. The summed E-state index contributed by atoms with van der Waals surface area (Å²) in [6, 6.07) is 8.48. The zero-order valence-electron chi connectivity index (χ0n) is 8.41. The van der Waals surface area contributed by atoms with Gasteiger partial charge in [0, 0.05) is 23.5 Å². The Balaban J connectivity index is 0.00000112. The summed E-state index contributed by atoms with van der Waals surface area (Å²) in [5.74, 6) is 0.491. The lowest BCUT2D eigenvalue weighted by atomic mass is 10.0. The van der Waals surface area contributed by atoms with Crippen LogP contribution in [0.1, 0.15) is 11.5 Å². The van der Waals surface area contributed by atoms with Crippen molar-refractivity contribution in [2.75, 3.05) is 26.3 Å². The molecule has 1 saturated heterocycles. The van der Waals surface area contributed by atoms with Crippen molar-refractivity contribution in [1.82, 2.24) is 5.32 Å². The first-order valence-electron chi connectivity index (χ1n) is 4.90. The van der Waals surface area contributed by atoms with Crippen molar-refractivity contribution >= 4 is 28.3 Å². The van der Waals surface area contributed by atoms with Crippen molar-refractivity contribution in [1.29, 1.82) is 0 Å². The molecule has 1 aromatic carbocycles. The second kappa shape index (κ2) is 6.48. The van der Waals surface area contributed by atoms with E-state index in [-0.39, 0.29) is 12.4 Å². The molecule has 0 amide bonds. The molecule has 1 aromatic rings. The molecule has 0 radical (unpaired) electrons. The van der Waals surface area contributed by atoms with E-state index in [4.69, 9.17) is 4.74 Å².